The van der Waals surface area contributed by atoms with E-state index in [-0.39, 0.29) is 23.8 Å². The molecule has 6 heteroatoms. The van der Waals surface area contributed by atoms with Crippen LogP contribution in [0.2, 0.25) is 0 Å². The van der Waals surface area contributed by atoms with Crippen molar-refractivity contribution in [2.45, 2.75) is 0 Å². The molecule has 0 radical (unpaired) electrons. The van der Waals surface area contributed by atoms with Crippen LogP contribution in [0.25, 0.3) is 0 Å². The van der Waals surface area contributed by atoms with Gasteiger partial charge in [0.2, 0.25) is 0 Å². The van der Waals surface area contributed by atoms with Crippen molar-refractivity contribution in [3.05, 3.63) is 29.6 Å². The third kappa shape index (κ3) is 4.92. The number of hydrogen-bond acceptors (Lipinski definition) is 4. The van der Waals surface area contributed by atoms with Crippen LogP contribution in [0.5, 0.6) is 5.75 Å². The summed E-state index contributed by atoms with van der Waals surface area (Å²) in [7, 11) is 1.52. The lowest BCUT2D eigenvalue weighted by molar-refractivity contribution is -0.123. The molecule has 0 unspecified atom stereocenters. The maximum Gasteiger partial charge on any atom is 0.258 e. The van der Waals surface area contributed by atoms with Crippen molar-refractivity contribution < 1.29 is 23.5 Å². The highest BCUT2D eigenvalue weighted by Gasteiger charge is 2.05. The van der Waals surface area contributed by atoms with Crippen molar-refractivity contribution in [1.29, 1.82) is 0 Å². The summed E-state index contributed by atoms with van der Waals surface area (Å²) in [6, 6.07) is 3.55. The number of ether oxygens (including phenoxy) is 2. The van der Waals surface area contributed by atoms with Crippen molar-refractivity contribution in [1.82, 2.24) is 5.32 Å². The Morgan fingerprint density at radius 2 is 2.22 bits per heavy atom. The molecule has 1 aromatic rings. The minimum Gasteiger partial charge on any atom is -0.484 e. The molecule has 0 bridgehead atoms. The molecule has 0 saturated heterocycles. The molecule has 1 aromatic carbocycles. The van der Waals surface area contributed by atoms with E-state index >= 15 is 0 Å². The lowest BCUT2D eigenvalue weighted by atomic mass is 10.2. The molecule has 0 aliphatic rings. The van der Waals surface area contributed by atoms with Gasteiger partial charge in [-0.3, -0.25) is 9.59 Å². The van der Waals surface area contributed by atoms with E-state index in [1.54, 1.807) is 0 Å². The highest BCUT2D eigenvalue weighted by Crippen LogP contribution is 2.15. The molecule has 5 nitrogen and oxygen atoms in total. The Labute approximate surface area is 104 Å². The molecule has 0 spiro atoms. The van der Waals surface area contributed by atoms with E-state index in [4.69, 9.17) is 9.47 Å². The predicted octanol–water partition coefficient (Wildman–Crippen LogP) is 0.780. The number of methoxy groups -OCH3 is 1. The molecule has 1 rings (SSSR count). The van der Waals surface area contributed by atoms with Crippen molar-refractivity contribution in [2.75, 3.05) is 26.9 Å². The minimum atomic E-state index is -0.589. The van der Waals surface area contributed by atoms with Crippen LogP contribution in [-0.4, -0.2) is 39.1 Å². The van der Waals surface area contributed by atoms with E-state index in [0.29, 0.717) is 19.4 Å². The van der Waals surface area contributed by atoms with Gasteiger partial charge in [-0.15, -0.1) is 0 Å². The Bertz CT molecular complexity index is 423. The van der Waals surface area contributed by atoms with Gasteiger partial charge in [0.05, 0.1) is 6.61 Å². The largest absolute Gasteiger partial charge is 0.484 e. The van der Waals surface area contributed by atoms with Gasteiger partial charge in [-0.25, -0.2) is 4.39 Å². The lowest BCUT2D eigenvalue weighted by Crippen LogP contribution is -2.31. The van der Waals surface area contributed by atoms with Crippen molar-refractivity contribution >= 4 is 12.2 Å². The first-order chi connectivity index (χ1) is 8.65. The molecule has 0 saturated carbocycles. The molecular formula is C12H14FNO4. The highest BCUT2D eigenvalue weighted by atomic mass is 19.1. The summed E-state index contributed by atoms with van der Waals surface area (Å²) < 4.78 is 22.9. The van der Waals surface area contributed by atoms with E-state index in [1.165, 1.54) is 13.2 Å². The molecule has 0 atom stereocenters. The van der Waals surface area contributed by atoms with Crippen LogP contribution in [0.15, 0.2) is 18.2 Å². The van der Waals surface area contributed by atoms with Crippen LogP contribution >= 0.6 is 0 Å². The monoisotopic (exact) mass is 255 g/mol. The van der Waals surface area contributed by atoms with Gasteiger partial charge in [-0.2, -0.15) is 0 Å². The van der Waals surface area contributed by atoms with Gasteiger partial charge >= 0.3 is 0 Å². The summed E-state index contributed by atoms with van der Waals surface area (Å²) in [5.41, 5.74) is 0.157. The molecule has 0 aliphatic heterocycles. The summed E-state index contributed by atoms with van der Waals surface area (Å²) in [6.45, 7) is 0.536. The Balaban J connectivity index is 2.45. The standard InChI is InChI=1S/C12H14FNO4/c1-17-3-2-14-12(16)8-18-11-5-9(7-15)4-10(13)6-11/h4-7H,2-3,8H2,1H3,(H,14,16). The summed E-state index contributed by atoms with van der Waals surface area (Å²) in [5, 5.41) is 2.54. The van der Waals surface area contributed by atoms with E-state index in [2.05, 4.69) is 5.32 Å². The van der Waals surface area contributed by atoms with E-state index in [1.807, 2.05) is 0 Å². The van der Waals surface area contributed by atoms with Crippen molar-refractivity contribution in [3.63, 3.8) is 0 Å². The zero-order valence-electron chi connectivity index (χ0n) is 9.94. The highest BCUT2D eigenvalue weighted by molar-refractivity contribution is 5.78. The average molecular weight is 255 g/mol. The molecule has 0 heterocycles. The van der Waals surface area contributed by atoms with Crippen molar-refractivity contribution in [2.24, 2.45) is 0 Å². The molecule has 0 fully saturated rings. The second-order valence-corrected chi connectivity index (χ2v) is 3.47. The number of carbonyl (C=O) groups excluding carboxylic acids is 2. The molecule has 1 amide bonds. The third-order valence-electron chi connectivity index (χ3n) is 2.03. The first-order valence-corrected chi connectivity index (χ1v) is 5.30. The molecular weight excluding hydrogens is 241 g/mol. The van der Waals surface area contributed by atoms with Gasteiger partial charge in [0, 0.05) is 25.3 Å². The van der Waals surface area contributed by atoms with E-state index in [9.17, 15) is 14.0 Å². The van der Waals surface area contributed by atoms with Crippen LogP contribution in [0.1, 0.15) is 10.4 Å². The normalized spacial score (nSPS) is 9.89. The second-order valence-electron chi connectivity index (χ2n) is 3.47. The Hall–Kier alpha value is -1.95. The Kier molecular flexibility index (Phi) is 5.79. The SMILES string of the molecule is COCCNC(=O)COc1cc(F)cc(C=O)c1. The first kappa shape index (κ1) is 14.1. The van der Waals surface area contributed by atoms with Gasteiger partial charge in [0.1, 0.15) is 17.9 Å². The van der Waals surface area contributed by atoms with Crippen molar-refractivity contribution in [3.8, 4) is 5.75 Å². The number of aldehydes is 1. The summed E-state index contributed by atoms with van der Waals surface area (Å²) in [6.07, 6.45) is 0.509. The first-order valence-electron chi connectivity index (χ1n) is 5.30. The fourth-order valence-electron chi connectivity index (χ4n) is 1.23. The number of nitrogens with one attached hydrogen (secondary N) is 1. The van der Waals surface area contributed by atoms with Gasteiger partial charge < -0.3 is 14.8 Å². The third-order valence-corrected chi connectivity index (χ3v) is 2.03. The zero-order chi connectivity index (χ0) is 13.4. The molecule has 1 N–H and O–H groups in total. The fraction of sp³-hybridized carbons (Fsp3) is 0.333. The van der Waals surface area contributed by atoms with Gasteiger partial charge in [0.15, 0.2) is 6.61 Å². The van der Waals surface area contributed by atoms with E-state index < -0.39 is 5.82 Å². The predicted molar refractivity (Wildman–Crippen MR) is 62.2 cm³/mol. The zero-order valence-corrected chi connectivity index (χ0v) is 9.94. The Morgan fingerprint density at radius 1 is 1.44 bits per heavy atom. The minimum absolute atomic E-state index is 0.138. The van der Waals surface area contributed by atoms with Crippen LogP contribution in [0.3, 0.4) is 0 Å². The topological polar surface area (TPSA) is 64.6 Å². The number of hydrogen-bond donors (Lipinski definition) is 1. The molecule has 0 aliphatic carbocycles. The maximum atomic E-state index is 13.0. The lowest BCUT2D eigenvalue weighted by Gasteiger charge is -2.07. The van der Waals surface area contributed by atoms with E-state index in [0.717, 1.165) is 12.1 Å². The van der Waals surface area contributed by atoms with Crippen LogP contribution in [0, 0.1) is 5.82 Å². The van der Waals surface area contributed by atoms with Crippen LogP contribution < -0.4 is 10.1 Å². The number of halogens is 1. The fourth-order valence-corrected chi connectivity index (χ4v) is 1.23. The quantitative estimate of drug-likeness (QED) is 0.577. The number of carbonyl (C=O) groups is 2. The van der Waals surface area contributed by atoms with Gasteiger partial charge in [-0.1, -0.05) is 0 Å². The summed E-state index contributed by atoms with van der Waals surface area (Å²) in [5.74, 6) is -0.794. The Morgan fingerprint density at radius 3 is 2.89 bits per heavy atom. The number of amides is 1. The average Bonchev–Trinajstić information content (AvgIpc) is 2.36. The summed E-state index contributed by atoms with van der Waals surface area (Å²) >= 11 is 0. The van der Waals surface area contributed by atoms with Gasteiger partial charge in [-0.05, 0) is 12.1 Å². The summed E-state index contributed by atoms with van der Waals surface area (Å²) in [4.78, 5) is 21.8. The molecule has 0 aromatic heterocycles. The van der Waals surface area contributed by atoms with Crippen LogP contribution in [-0.2, 0) is 9.53 Å². The second kappa shape index (κ2) is 7.39. The molecule has 98 valence electrons. The maximum absolute atomic E-state index is 13.0. The smallest absolute Gasteiger partial charge is 0.258 e. The molecule has 18 heavy (non-hydrogen) atoms. The van der Waals surface area contributed by atoms with Gasteiger partial charge in [0.25, 0.3) is 5.91 Å². The number of rotatable bonds is 7. The van der Waals surface area contributed by atoms with Crippen LogP contribution in [0.4, 0.5) is 4.39 Å². The number of benzene rings is 1.